The Morgan fingerprint density at radius 2 is 2.33 bits per heavy atom. The minimum absolute atomic E-state index is 0.0369. The van der Waals surface area contributed by atoms with Gasteiger partial charge in [-0.1, -0.05) is 0 Å². The summed E-state index contributed by atoms with van der Waals surface area (Å²) in [5.74, 6) is 0. The Morgan fingerprint density at radius 1 is 1.50 bits per heavy atom. The van der Waals surface area contributed by atoms with Crippen molar-refractivity contribution in [2.45, 2.75) is 19.9 Å². The lowest BCUT2D eigenvalue weighted by atomic mass is 10.4. The van der Waals surface area contributed by atoms with E-state index in [0.717, 1.165) is 11.2 Å². The molecule has 2 heterocycles. The third kappa shape index (κ3) is 0.958. The summed E-state index contributed by atoms with van der Waals surface area (Å²) in [7, 11) is 0. The van der Waals surface area contributed by atoms with Crippen LogP contribution in [0, 0.1) is 0 Å². The van der Waals surface area contributed by atoms with E-state index in [2.05, 4.69) is 15.0 Å². The second-order valence-electron chi connectivity index (χ2n) is 2.92. The second kappa shape index (κ2) is 2.55. The van der Waals surface area contributed by atoms with Crippen molar-refractivity contribution in [3.8, 4) is 0 Å². The van der Waals surface area contributed by atoms with Gasteiger partial charge in [0.25, 0.3) is 0 Å². The highest BCUT2D eigenvalue weighted by atomic mass is 15.1. The van der Waals surface area contributed by atoms with Gasteiger partial charge in [0.05, 0.1) is 12.5 Å². The van der Waals surface area contributed by atoms with Gasteiger partial charge in [0.2, 0.25) is 0 Å². The molecule has 0 saturated carbocycles. The van der Waals surface area contributed by atoms with E-state index in [1.807, 2.05) is 18.4 Å². The monoisotopic (exact) mass is 164 g/mol. The van der Waals surface area contributed by atoms with Crippen LogP contribution in [0.15, 0.2) is 18.8 Å². The van der Waals surface area contributed by atoms with Crippen molar-refractivity contribution >= 4 is 11.2 Å². The molecule has 0 spiro atoms. The topological polar surface area (TPSA) is 43.6 Å². The maximum Gasteiger partial charge on any atom is 0.163 e. The van der Waals surface area contributed by atoms with Crippen LogP contribution in [0.4, 0.5) is 0 Å². The summed E-state index contributed by atoms with van der Waals surface area (Å²) in [6, 6.07) is 0.305. The molecule has 12 heavy (non-hydrogen) atoms. The van der Waals surface area contributed by atoms with E-state index < -0.39 is 0 Å². The molecule has 0 amide bonds. The van der Waals surface area contributed by atoms with E-state index in [4.69, 9.17) is 1.37 Å². The van der Waals surface area contributed by atoms with E-state index in [1.54, 1.807) is 12.5 Å². The Morgan fingerprint density at radius 3 is 3.08 bits per heavy atom. The molecular formula is C8H10N4. The highest BCUT2D eigenvalue weighted by Gasteiger charge is 2.04. The van der Waals surface area contributed by atoms with Gasteiger partial charge >= 0.3 is 0 Å². The molecule has 2 aromatic rings. The molecule has 0 aromatic carbocycles. The lowest BCUT2D eigenvalue weighted by Crippen LogP contribution is -1.99. The SMILES string of the molecule is [3H]c1ncc2ncn(C(C)C)c2n1. The largest absolute Gasteiger partial charge is 0.313 e. The van der Waals surface area contributed by atoms with Crippen LogP contribution in [0.5, 0.6) is 0 Å². The molecule has 0 aliphatic heterocycles. The van der Waals surface area contributed by atoms with Gasteiger partial charge in [0, 0.05) is 6.04 Å². The molecule has 4 heteroatoms. The molecule has 0 fully saturated rings. The Balaban J connectivity index is 2.71. The summed E-state index contributed by atoms with van der Waals surface area (Å²) < 4.78 is 9.22. The van der Waals surface area contributed by atoms with Gasteiger partial charge in [0.15, 0.2) is 5.65 Å². The summed E-state index contributed by atoms with van der Waals surface area (Å²) in [6.07, 6.45) is 3.34. The standard InChI is InChI=1S/C8H10N4/c1-6(2)12-5-11-7-3-9-4-10-8(7)12/h3-6H,1-2H3/i4T. The molecular weight excluding hydrogens is 152 g/mol. The first-order chi connectivity index (χ1) is 6.18. The number of nitrogens with zero attached hydrogens (tertiary/aromatic N) is 4. The van der Waals surface area contributed by atoms with Gasteiger partial charge in [0.1, 0.15) is 13.2 Å². The first-order valence-electron chi connectivity index (χ1n) is 4.34. The van der Waals surface area contributed by atoms with Crippen LogP contribution >= 0.6 is 0 Å². The number of fused-ring (bicyclic) bond motifs is 1. The smallest absolute Gasteiger partial charge is 0.163 e. The zero-order valence-corrected chi connectivity index (χ0v) is 7.02. The van der Waals surface area contributed by atoms with Crippen LogP contribution in [0.3, 0.4) is 0 Å². The van der Waals surface area contributed by atoms with Crippen molar-refractivity contribution in [2.24, 2.45) is 0 Å². The van der Waals surface area contributed by atoms with Gasteiger partial charge < -0.3 is 4.57 Å². The average Bonchev–Trinajstić information content (AvgIpc) is 2.46. The summed E-state index contributed by atoms with van der Waals surface area (Å²) >= 11 is 0. The van der Waals surface area contributed by atoms with Crippen LogP contribution < -0.4 is 0 Å². The van der Waals surface area contributed by atoms with E-state index in [9.17, 15) is 0 Å². The first-order valence-corrected chi connectivity index (χ1v) is 3.84. The number of imidazole rings is 1. The summed E-state index contributed by atoms with van der Waals surface area (Å²) in [5.41, 5.74) is 1.47. The van der Waals surface area contributed by atoms with E-state index in [-0.39, 0.29) is 6.30 Å². The Labute approximate surface area is 71.7 Å². The normalized spacial score (nSPS) is 12.4. The van der Waals surface area contributed by atoms with Crippen molar-refractivity contribution in [3.63, 3.8) is 0 Å². The lowest BCUT2D eigenvalue weighted by Gasteiger charge is -2.05. The summed E-state index contributed by atoms with van der Waals surface area (Å²) in [4.78, 5) is 11.9. The highest BCUT2D eigenvalue weighted by Crippen LogP contribution is 2.12. The molecule has 0 bridgehead atoms. The molecule has 4 nitrogen and oxygen atoms in total. The minimum Gasteiger partial charge on any atom is -0.313 e. The molecule has 0 atom stereocenters. The number of hydrogen-bond acceptors (Lipinski definition) is 3. The second-order valence-corrected chi connectivity index (χ2v) is 2.92. The first kappa shape index (κ1) is 6.11. The predicted octanol–water partition coefficient (Wildman–Crippen LogP) is 1.41. The molecule has 0 aliphatic rings. The van der Waals surface area contributed by atoms with Gasteiger partial charge in [-0.3, -0.25) is 0 Å². The number of rotatable bonds is 1. The van der Waals surface area contributed by atoms with Gasteiger partial charge in [-0.2, -0.15) is 0 Å². The van der Waals surface area contributed by atoms with Crippen molar-refractivity contribution in [3.05, 3.63) is 18.8 Å². The van der Waals surface area contributed by atoms with E-state index in [1.165, 1.54) is 0 Å². The quantitative estimate of drug-likeness (QED) is 0.640. The lowest BCUT2D eigenvalue weighted by molar-refractivity contribution is 0.612. The van der Waals surface area contributed by atoms with E-state index >= 15 is 0 Å². The van der Waals surface area contributed by atoms with Crippen molar-refractivity contribution in [1.29, 1.82) is 0 Å². The maximum absolute atomic E-state index is 7.29. The van der Waals surface area contributed by atoms with Crippen molar-refractivity contribution in [2.75, 3.05) is 0 Å². The Bertz CT molecular complexity index is 435. The van der Waals surface area contributed by atoms with Crippen LogP contribution in [0.1, 0.15) is 21.3 Å². The number of hydrogen-bond donors (Lipinski definition) is 0. The summed E-state index contributed by atoms with van der Waals surface area (Å²) in [6.45, 7) is 4.10. The van der Waals surface area contributed by atoms with Crippen LogP contribution in [-0.2, 0) is 0 Å². The van der Waals surface area contributed by atoms with Crippen LogP contribution in [0.25, 0.3) is 11.2 Å². The fraction of sp³-hybridized carbons (Fsp3) is 0.375. The molecule has 0 saturated heterocycles. The molecule has 2 rings (SSSR count). The molecule has 0 radical (unpaired) electrons. The molecule has 0 unspecified atom stereocenters. The highest BCUT2D eigenvalue weighted by molar-refractivity contribution is 5.68. The molecule has 2 aromatic heterocycles. The summed E-state index contributed by atoms with van der Waals surface area (Å²) in [5, 5.41) is 0. The van der Waals surface area contributed by atoms with Crippen molar-refractivity contribution < 1.29 is 1.37 Å². The average molecular weight is 164 g/mol. The third-order valence-electron chi connectivity index (χ3n) is 1.75. The van der Waals surface area contributed by atoms with Crippen LogP contribution in [-0.4, -0.2) is 19.5 Å². The Kier molecular flexibility index (Phi) is 1.30. The molecule has 0 N–H and O–H groups in total. The minimum atomic E-state index is 0.0369. The maximum atomic E-state index is 7.29. The van der Waals surface area contributed by atoms with Gasteiger partial charge in [-0.15, -0.1) is 0 Å². The number of aromatic nitrogens is 4. The molecule has 62 valence electrons. The zero-order valence-electron chi connectivity index (χ0n) is 8.02. The zero-order chi connectivity index (χ0) is 9.42. The fourth-order valence-corrected chi connectivity index (χ4v) is 1.12. The predicted molar refractivity (Wildman–Crippen MR) is 45.7 cm³/mol. The van der Waals surface area contributed by atoms with E-state index in [0.29, 0.717) is 6.04 Å². The van der Waals surface area contributed by atoms with Crippen LogP contribution in [0.2, 0.25) is 0 Å². The fourth-order valence-electron chi connectivity index (χ4n) is 1.12. The van der Waals surface area contributed by atoms with Gasteiger partial charge in [-0.05, 0) is 13.8 Å². The molecule has 0 aliphatic carbocycles. The van der Waals surface area contributed by atoms with Gasteiger partial charge in [-0.25, -0.2) is 15.0 Å². The third-order valence-corrected chi connectivity index (χ3v) is 1.75. The Hall–Kier alpha value is -1.45. The van der Waals surface area contributed by atoms with Crippen molar-refractivity contribution in [1.82, 2.24) is 19.5 Å².